The van der Waals surface area contributed by atoms with Crippen molar-refractivity contribution in [3.8, 4) is 0 Å². The van der Waals surface area contributed by atoms with Gasteiger partial charge in [0.15, 0.2) is 11.0 Å². The molecule has 0 aliphatic carbocycles. The van der Waals surface area contributed by atoms with Crippen LogP contribution in [0.4, 0.5) is 5.82 Å². The van der Waals surface area contributed by atoms with E-state index in [-0.39, 0.29) is 0 Å². The van der Waals surface area contributed by atoms with E-state index in [2.05, 4.69) is 20.3 Å². The molecule has 6 heteroatoms. The number of nitrogens with zero attached hydrogens (tertiary/aromatic N) is 2. The second-order valence-corrected chi connectivity index (χ2v) is 5.11. The van der Waals surface area contributed by atoms with Crippen LogP contribution < -0.4 is 5.32 Å². The van der Waals surface area contributed by atoms with Gasteiger partial charge in [-0.15, -0.1) is 0 Å². The molecular weight excluding hydrogens is 250 g/mol. The molecule has 1 aromatic heterocycles. The lowest BCUT2D eigenvalue weighted by Gasteiger charge is -2.02. The molecule has 0 amide bonds. The Morgan fingerprint density at radius 2 is 2.07 bits per heavy atom. The molecule has 1 aromatic rings. The summed E-state index contributed by atoms with van der Waals surface area (Å²) < 4.78 is 7.93. The lowest BCUT2D eigenvalue weighted by molar-refractivity contribution is 0.688. The van der Waals surface area contributed by atoms with Gasteiger partial charge in [-0.2, -0.15) is 20.5 Å². The Labute approximate surface area is 104 Å². The second kappa shape index (κ2) is 8.19. The van der Waals surface area contributed by atoms with Gasteiger partial charge in [0.2, 0.25) is 0 Å². The van der Waals surface area contributed by atoms with Gasteiger partial charge >= 0.3 is 0 Å². The highest BCUT2D eigenvalue weighted by Crippen LogP contribution is 2.17. The number of halogens is 1. The number of nitrogens with one attached hydrogen (secondary N) is 1. The van der Waals surface area contributed by atoms with Crippen LogP contribution in [0.2, 0.25) is 5.15 Å². The fraction of sp³-hybridized carbons (Fsp3) is 0.778. The number of anilines is 1. The minimum Gasteiger partial charge on any atom is -0.367 e. The average Bonchev–Trinajstić information content (AvgIpc) is 2.63. The zero-order valence-electron chi connectivity index (χ0n) is 8.83. The molecule has 0 aliphatic heterocycles. The number of hydrogen-bond donors (Lipinski definition) is 1. The minimum atomic E-state index is 0.488. The Morgan fingerprint density at radius 1 is 1.27 bits per heavy atom. The number of aromatic nitrogens is 2. The van der Waals surface area contributed by atoms with Crippen molar-refractivity contribution >= 4 is 40.9 Å². The van der Waals surface area contributed by atoms with E-state index < -0.39 is 0 Å². The van der Waals surface area contributed by atoms with E-state index in [1.54, 1.807) is 0 Å². The maximum atomic E-state index is 5.79. The lowest BCUT2D eigenvalue weighted by atomic mass is 10.2. The van der Waals surface area contributed by atoms with Crippen LogP contribution in [0.1, 0.15) is 25.7 Å². The predicted molar refractivity (Wildman–Crippen MR) is 70.3 cm³/mol. The molecular formula is C9H16ClN3S2. The molecule has 0 saturated heterocycles. The first-order valence-electron chi connectivity index (χ1n) is 5.05. The summed E-state index contributed by atoms with van der Waals surface area (Å²) in [6, 6.07) is 0. The molecule has 0 bridgehead atoms. The molecule has 86 valence electrons. The summed E-state index contributed by atoms with van der Waals surface area (Å²) in [6.45, 7) is 0.935. The molecule has 0 saturated carbocycles. The summed E-state index contributed by atoms with van der Waals surface area (Å²) in [4.78, 5) is 0. The van der Waals surface area contributed by atoms with Crippen LogP contribution >= 0.6 is 35.1 Å². The number of rotatable bonds is 8. The molecule has 15 heavy (non-hydrogen) atoms. The van der Waals surface area contributed by atoms with E-state index in [0.717, 1.165) is 24.1 Å². The van der Waals surface area contributed by atoms with Crippen molar-refractivity contribution in [2.24, 2.45) is 0 Å². The van der Waals surface area contributed by atoms with Crippen molar-refractivity contribution in [1.29, 1.82) is 0 Å². The Kier molecular flexibility index (Phi) is 7.13. The van der Waals surface area contributed by atoms with E-state index in [0.29, 0.717) is 5.15 Å². The smallest absolute Gasteiger partial charge is 0.186 e. The van der Waals surface area contributed by atoms with Crippen LogP contribution in [0.25, 0.3) is 0 Å². The van der Waals surface area contributed by atoms with E-state index in [1.807, 2.05) is 11.8 Å². The van der Waals surface area contributed by atoms with Gasteiger partial charge in [0.05, 0.1) is 11.7 Å². The van der Waals surface area contributed by atoms with Crippen LogP contribution in [0, 0.1) is 0 Å². The van der Waals surface area contributed by atoms with Gasteiger partial charge in [0.1, 0.15) is 0 Å². The molecule has 0 fully saturated rings. The molecule has 3 nitrogen and oxygen atoms in total. The monoisotopic (exact) mass is 265 g/mol. The first-order valence-corrected chi connectivity index (χ1v) is 7.55. The van der Waals surface area contributed by atoms with Gasteiger partial charge in [-0.1, -0.05) is 24.4 Å². The highest BCUT2D eigenvalue weighted by Gasteiger charge is 2.02. The third-order valence-corrected chi connectivity index (χ3v) is 3.61. The van der Waals surface area contributed by atoms with E-state index in [4.69, 9.17) is 11.6 Å². The molecule has 0 aromatic carbocycles. The summed E-state index contributed by atoms with van der Waals surface area (Å²) in [5, 5.41) is 3.67. The standard InChI is InChI=1S/C9H16ClN3S2/c1-14-7-5-3-2-4-6-11-9-8(10)12-15-13-9/h2-7H2,1H3,(H,11,13). The van der Waals surface area contributed by atoms with E-state index in [9.17, 15) is 0 Å². The van der Waals surface area contributed by atoms with Crippen molar-refractivity contribution < 1.29 is 0 Å². The van der Waals surface area contributed by atoms with E-state index in [1.165, 1.54) is 31.4 Å². The van der Waals surface area contributed by atoms with Gasteiger partial charge in [0, 0.05) is 6.54 Å². The first kappa shape index (κ1) is 13.1. The molecule has 0 aliphatic rings. The molecule has 1 N–H and O–H groups in total. The highest BCUT2D eigenvalue weighted by molar-refractivity contribution is 7.98. The average molecular weight is 266 g/mol. The van der Waals surface area contributed by atoms with Crippen molar-refractivity contribution in [3.63, 3.8) is 0 Å². The Balaban J connectivity index is 1.96. The molecule has 0 spiro atoms. The number of thioether (sulfide) groups is 1. The largest absolute Gasteiger partial charge is 0.367 e. The summed E-state index contributed by atoms with van der Waals surface area (Å²) in [5.41, 5.74) is 0. The van der Waals surface area contributed by atoms with Crippen LogP contribution in [0.3, 0.4) is 0 Å². The van der Waals surface area contributed by atoms with Crippen LogP contribution in [0.5, 0.6) is 0 Å². The molecule has 1 heterocycles. The maximum absolute atomic E-state index is 5.79. The summed E-state index contributed by atoms with van der Waals surface area (Å²) in [7, 11) is 0. The molecule has 1 rings (SSSR count). The zero-order valence-corrected chi connectivity index (χ0v) is 11.2. The maximum Gasteiger partial charge on any atom is 0.186 e. The lowest BCUT2D eigenvalue weighted by Crippen LogP contribution is -2.01. The van der Waals surface area contributed by atoms with Gasteiger partial charge in [0.25, 0.3) is 0 Å². The van der Waals surface area contributed by atoms with Crippen molar-refractivity contribution in [3.05, 3.63) is 5.15 Å². The summed E-state index contributed by atoms with van der Waals surface area (Å²) in [6.07, 6.45) is 7.22. The Bertz CT molecular complexity index is 268. The second-order valence-electron chi connectivity index (χ2n) is 3.24. The fourth-order valence-corrected chi connectivity index (χ4v) is 2.39. The van der Waals surface area contributed by atoms with Gasteiger partial charge < -0.3 is 5.32 Å². The Morgan fingerprint density at radius 3 is 2.73 bits per heavy atom. The zero-order chi connectivity index (χ0) is 10.9. The van der Waals surface area contributed by atoms with E-state index >= 15 is 0 Å². The van der Waals surface area contributed by atoms with Crippen molar-refractivity contribution in [2.75, 3.05) is 23.9 Å². The van der Waals surface area contributed by atoms with Crippen LogP contribution in [-0.2, 0) is 0 Å². The van der Waals surface area contributed by atoms with Crippen molar-refractivity contribution in [2.45, 2.75) is 25.7 Å². The third kappa shape index (κ3) is 5.58. The summed E-state index contributed by atoms with van der Waals surface area (Å²) in [5.74, 6) is 2.00. The Hall–Kier alpha value is -0.0000000000000000555. The predicted octanol–water partition coefficient (Wildman–Crippen LogP) is 3.53. The quantitative estimate of drug-likeness (QED) is 0.730. The van der Waals surface area contributed by atoms with Gasteiger partial charge in [-0.05, 0) is 24.9 Å². The SMILES string of the molecule is CSCCCCCCNc1nsnc1Cl. The number of hydrogen-bond acceptors (Lipinski definition) is 5. The minimum absolute atomic E-state index is 0.488. The normalized spacial score (nSPS) is 10.5. The first-order chi connectivity index (χ1) is 7.34. The van der Waals surface area contributed by atoms with Gasteiger partial charge in [-0.25, -0.2) is 0 Å². The molecule has 0 atom stereocenters. The fourth-order valence-electron chi connectivity index (χ4n) is 1.21. The van der Waals surface area contributed by atoms with Crippen LogP contribution in [-0.4, -0.2) is 27.3 Å². The molecule has 0 unspecified atom stereocenters. The third-order valence-electron chi connectivity index (χ3n) is 2.02. The molecule has 0 radical (unpaired) electrons. The summed E-state index contributed by atoms with van der Waals surface area (Å²) >= 11 is 8.85. The topological polar surface area (TPSA) is 37.8 Å². The number of unbranched alkanes of at least 4 members (excludes halogenated alkanes) is 3. The van der Waals surface area contributed by atoms with Crippen molar-refractivity contribution in [1.82, 2.24) is 8.75 Å². The highest BCUT2D eigenvalue weighted by atomic mass is 35.5. The van der Waals surface area contributed by atoms with Gasteiger partial charge in [-0.3, -0.25) is 0 Å². The van der Waals surface area contributed by atoms with Crippen LogP contribution in [0.15, 0.2) is 0 Å².